The topological polar surface area (TPSA) is 82.9 Å². The molecule has 0 radical (unpaired) electrons. The molecule has 1 aliphatic heterocycles. The molecule has 1 aromatic rings. The van der Waals surface area contributed by atoms with Crippen LogP contribution in [0.4, 0.5) is 0 Å². The third-order valence-corrected chi connectivity index (χ3v) is 3.95. The maximum atomic E-state index is 12.5. The predicted octanol–water partition coefficient (Wildman–Crippen LogP) is 0.948. The zero-order chi connectivity index (χ0) is 17.5. The van der Waals surface area contributed by atoms with E-state index in [1.165, 1.54) is 6.08 Å². The molecule has 1 amide bonds. The molecule has 6 nitrogen and oxygen atoms in total. The second kappa shape index (κ2) is 8.92. The fraction of sp³-hybridized carbons (Fsp3) is 0.556. The van der Waals surface area contributed by atoms with E-state index >= 15 is 0 Å². The molecule has 1 aliphatic rings. The molecule has 132 valence electrons. The van der Waals surface area contributed by atoms with E-state index < -0.39 is 12.2 Å². The zero-order valence-corrected chi connectivity index (χ0v) is 14.2. The minimum absolute atomic E-state index is 0.125. The fourth-order valence-electron chi connectivity index (χ4n) is 2.74. The molecular weight excluding hydrogens is 308 g/mol. The summed E-state index contributed by atoms with van der Waals surface area (Å²) in [5, 5.41) is 19.9. The van der Waals surface area contributed by atoms with Gasteiger partial charge in [-0.1, -0.05) is 19.9 Å². The van der Waals surface area contributed by atoms with Crippen LogP contribution in [0.15, 0.2) is 30.6 Å². The van der Waals surface area contributed by atoms with E-state index in [0.29, 0.717) is 25.6 Å². The maximum Gasteiger partial charge on any atom is 0.246 e. The number of aromatic nitrogens is 1. The van der Waals surface area contributed by atoms with Gasteiger partial charge in [0.1, 0.15) is 6.10 Å². The Labute approximate surface area is 142 Å². The van der Waals surface area contributed by atoms with E-state index in [-0.39, 0.29) is 18.4 Å². The summed E-state index contributed by atoms with van der Waals surface area (Å²) < 4.78 is 5.31. The Morgan fingerprint density at radius 1 is 1.46 bits per heavy atom. The van der Waals surface area contributed by atoms with Gasteiger partial charge in [-0.25, -0.2) is 0 Å². The number of hydrogen-bond acceptors (Lipinski definition) is 5. The molecule has 1 fully saturated rings. The Balaban J connectivity index is 2.04. The molecule has 0 spiro atoms. The molecule has 6 heteroatoms. The van der Waals surface area contributed by atoms with E-state index in [0.717, 1.165) is 5.56 Å². The van der Waals surface area contributed by atoms with E-state index in [4.69, 9.17) is 4.74 Å². The summed E-state index contributed by atoms with van der Waals surface area (Å²) in [6.07, 6.45) is 4.84. The molecule has 0 aromatic carbocycles. The van der Waals surface area contributed by atoms with Crippen molar-refractivity contribution >= 4 is 12.0 Å². The van der Waals surface area contributed by atoms with Gasteiger partial charge < -0.3 is 19.8 Å². The summed E-state index contributed by atoms with van der Waals surface area (Å²) in [7, 11) is 0. The minimum atomic E-state index is -0.898. The summed E-state index contributed by atoms with van der Waals surface area (Å²) >= 11 is 0. The highest BCUT2D eigenvalue weighted by Gasteiger charge is 2.33. The molecule has 2 rings (SSSR count). The number of rotatable bonds is 6. The number of ether oxygens (including phenoxy) is 1. The molecular formula is C18H26N2O4. The lowest BCUT2D eigenvalue weighted by Crippen LogP contribution is -2.50. The van der Waals surface area contributed by atoms with Crippen molar-refractivity contribution in [1.82, 2.24) is 9.88 Å². The van der Waals surface area contributed by atoms with Crippen molar-refractivity contribution in [3.05, 3.63) is 36.2 Å². The molecule has 2 heterocycles. The molecule has 2 N–H and O–H groups in total. The average Bonchev–Trinajstić information content (AvgIpc) is 2.56. The van der Waals surface area contributed by atoms with Crippen LogP contribution in [0.25, 0.3) is 6.08 Å². The van der Waals surface area contributed by atoms with Crippen LogP contribution < -0.4 is 0 Å². The van der Waals surface area contributed by atoms with Crippen LogP contribution in [0.1, 0.15) is 19.4 Å². The molecule has 0 unspecified atom stereocenters. The first-order valence-electron chi connectivity index (χ1n) is 8.28. The summed E-state index contributed by atoms with van der Waals surface area (Å²) in [4.78, 5) is 18.3. The molecule has 0 bridgehead atoms. The van der Waals surface area contributed by atoms with Gasteiger partial charge in [-0.15, -0.1) is 0 Å². The van der Waals surface area contributed by atoms with Gasteiger partial charge in [-0.2, -0.15) is 0 Å². The standard InChI is InChI=1S/C18H26N2O4/c1-13(2)9-20(10-15-11-24-12-16(21)18(15)23)17(22)6-5-14-4-3-7-19-8-14/h3-8,13,15-16,18,21,23H,9-12H2,1-2H3/b6-5+/t15-,16-,18+/m1/s1. The summed E-state index contributed by atoms with van der Waals surface area (Å²) in [6.45, 7) is 5.48. The Hall–Kier alpha value is -1.76. The average molecular weight is 334 g/mol. The van der Waals surface area contributed by atoms with Crippen molar-refractivity contribution in [3.8, 4) is 0 Å². The lowest BCUT2D eigenvalue weighted by atomic mass is 9.95. The van der Waals surface area contributed by atoms with Gasteiger partial charge in [0.15, 0.2) is 0 Å². The largest absolute Gasteiger partial charge is 0.390 e. The SMILES string of the molecule is CC(C)CN(C[C@@H]1COC[C@@H](O)[C@H]1O)C(=O)/C=C/c1cccnc1. The van der Waals surface area contributed by atoms with Crippen LogP contribution in [0.5, 0.6) is 0 Å². The van der Waals surface area contributed by atoms with Crippen molar-refractivity contribution in [3.63, 3.8) is 0 Å². The third-order valence-electron chi connectivity index (χ3n) is 3.95. The van der Waals surface area contributed by atoms with Crippen molar-refractivity contribution in [2.24, 2.45) is 11.8 Å². The van der Waals surface area contributed by atoms with Gasteiger partial charge in [0.25, 0.3) is 0 Å². The van der Waals surface area contributed by atoms with Crippen LogP contribution in [-0.4, -0.2) is 64.5 Å². The van der Waals surface area contributed by atoms with Crippen LogP contribution in [0, 0.1) is 11.8 Å². The zero-order valence-electron chi connectivity index (χ0n) is 14.2. The van der Waals surface area contributed by atoms with E-state index in [1.54, 1.807) is 23.4 Å². The normalized spacial score (nSPS) is 24.5. The fourth-order valence-corrected chi connectivity index (χ4v) is 2.74. The highest BCUT2D eigenvalue weighted by Crippen LogP contribution is 2.18. The number of aliphatic hydroxyl groups excluding tert-OH is 2. The first-order chi connectivity index (χ1) is 11.5. The van der Waals surface area contributed by atoms with E-state index in [9.17, 15) is 15.0 Å². The van der Waals surface area contributed by atoms with E-state index in [2.05, 4.69) is 4.98 Å². The summed E-state index contributed by atoms with van der Waals surface area (Å²) in [5.74, 6) is -0.115. The smallest absolute Gasteiger partial charge is 0.246 e. The molecule has 1 aromatic heterocycles. The maximum absolute atomic E-state index is 12.5. The molecule has 1 saturated heterocycles. The van der Waals surface area contributed by atoms with Gasteiger partial charge in [0.05, 0.1) is 19.3 Å². The second-order valence-corrected chi connectivity index (χ2v) is 6.61. The van der Waals surface area contributed by atoms with Crippen molar-refractivity contribution < 1.29 is 19.7 Å². The van der Waals surface area contributed by atoms with Crippen LogP contribution in [-0.2, 0) is 9.53 Å². The van der Waals surface area contributed by atoms with Gasteiger partial charge in [-0.3, -0.25) is 9.78 Å². The highest BCUT2D eigenvalue weighted by molar-refractivity contribution is 5.91. The molecule has 0 saturated carbocycles. The second-order valence-electron chi connectivity index (χ2n) is 6.61. The van der Waals surface area contributed by atoms with Crippen LogP contribution in [0.3, 0.4) is 0 Å². The number of amides is 1. The Morgan fingerprint density at radius 3 is 2.92 bits per heavy atom. The number of nitrogens with zero attached hydrogens (tertiary/aromatic N) is 2. The number of carbonyl (C=O) groups is 1. The summed E-state index contributed by atoms with van der Waals surface area (Å²) in [6, 6.07) is 3.69. The Kier molecular flexibility index (Phi) is 6.90. The lowest BCUT2D eigenvalue weighted by Gasteiger charge is -2.35. The lowest BCUT2D eigenvalue weighted by molar-refractivity contribution is -0.139. The van der Waals surface area contributed by atoms with Crippen LogP contribution in [0.2, 0.25) is 0 Å². The number of pyridine rings is 1. The van der Waals surface area contributed by atoms with Crippen molar-refractivity contribution in [2.75, 3.05) is 26.3 Å². The van der Waals surface area contributed by atoms with Gasteiger partial charge in [-0.05, 0) is 23.6 Å². The first kappa shape index (κ1) is 18.6. The first-order valence-corrected chi connectivity index (χ1v) is 8.28. The van der Waals surface area contributed by atoms with E-state index in [1.807, 2.05) is 26.0 Å². The molecule has 3 atom stereocenters. The molecule has 24 heavy (non-hydrogen) atoms. The predicted molar refractivity (Wildman–Crippen MR) is 91.0 cm³/mol. The van der Waals surface area contributed by atoms with Gasteiger partial charge >= 0.3 is 0 Å². The Morgan fingerprint density at radius 2 is 2.25 bits per heavy atom. The third kappa shape index (κ3) is 5.40. The van der Waals surface area contributed by atoms with Gasteiger partial charge in [0.2, 0.25) is 5.91 Å². The number of carbonyl (C=O) groups excluding carboxylic acids is 1. The monoisotopic (exact) mass is 334 g/mol. The van der Waals surface area contributed by atoms with Crippen molar-refractivity contribution in [2.45, 2.75) is 26.1 Å². The Bertz CT molecular complexity index is 547. The minimum Gasteiger partial charge on any atom is -0.390 e. The highest BCUT2D eigenvalue weighted by atomic mass is 16.5. The van der Waals surface area contributed by atoms with Crippen LogP contribution >= 0.6 is 0 Å². The number of hydrogen-bond donors (Lipinski definition) is 2. The summed E-state index contributed by atoms with van der Waals surface area (Å²) in [5.41, 5.74) is 0.854. The molecule has 0 aliphatic carbocycles. The number of aliphatic hydroxyl groups is 2. The quantitative estimate of drug-likeness (QED) is 0.757. The van der Waals surface area contributed by atoms with Gasteiger partial charge in [0, 0.05) is 37.5 Å². The van der Waals surface area contributed by atoms with Crippen molar-refractivity contribution in [1.29, 1.82) is 0 Å².